The first-order chi connectivity index (χ1) is 20.3. The van der Waals surface area contributed by atoms with Crippen molar-refractivity contribution in [1.82, 2.24) is 0 Å². The largest absolute Gasteiger partial charge is 0.0622 e. The zero-order valence-electron chi connectivity index (χ0n) is 22.5. The molecular weight excluding hydrogens is 625 g/mol. The van der Waals surface area contributed by atoms with Crippen molar-refractivity contribution in [2.24, 2.45) is 0 Å². The number of carbonyl (C=O) groups excluding carboxylic acids is 1. The maximum absolute atomic E-state index is 8.63. The second kappa shape index (κ2) is 17.3. The van der Waals surface area contributed by atoms with Crippen molar-refractivity contribution in [2.45, 2.75) is 0 Å². The summed E-state index contributed by atoms with van der Waals surface area (Å²) in [7, 11) is -0.892. The van der Waals surface area contributed by atoms with Crippen molar-refractivity contribution >= 4 is 52.1 Å². The van der Waals surface area contributed by atoms with Gasteiger partial charge in [0, 0.05) is 0 Å². The van der Waals surface area contributed by atoms with Gasteiger partial charge in [-0.05, 0) is 47.7 Å². The molecule has 203 valence electrons. The van der Waals surface area contributed by atoms with Crippen LogP contribution >= 0.6 is 15.8 Å². The van der Waals surface area contributed by atoms with Crippen LogP contribution in [0.1, 0.15) is 0 Å². The minimum absolute atomic E-state index is 0.446. The summed E-state index contributed by atoms with van der Waals surface area (Å²) in [6, 6.07) is 64.7. The minimum Gasteiger partial charge on any atom is -0.0622 e. The predicted octanol–water partition coefficient (Wildman–Crippen LogP) is 6.49. The van der Waals surface area contributed by atoms with Gasteiger partial charge in [0.15, 0.2) is 0 Å². The zero-order valence-corrected chi connectivity index (χ0v) is 25.9. The molecule has 0 heterocycles. The molecule has 4 heteroatoms. The average Bonchev–Trinajstić information content (AvgIpc) is 3.05. The smallest absolute Gasteiger partial charge is 0.0134 e. The van der Waals surface area contributed by atoms with Crippen molar-refractivity contribution in [3.63, 3.8) is 0 Å². The van der Waals surface area contributed by atoms with Gasteiger partial charge in [-0.15, -0.1) is 0 Å². The van der Waals surface area contributed by atoms with Gasteiger partial charge in [-0.25, -0.2) is 0 Å². The Hall–Kier alpha value is -3.62. The normalized spacial score (nSPS) is 10.0. The first-order valence-corrected chi connectivity index (χ1v) is 16.7. The van der Waals surface area contributed by atoms with E-state index in [9.17, 15) is 0 Å². The van der Waals surface area contributed by atoms with Gasteiger partial charge in [-0.3, -0.25) is 0 Å². The van der Waals surface area contributed by atoms with Gasteiger partial charge >= 0.3 is 27.1 Å². The summed E-state index contributed by atoms with van der Waals surface area (Å²) < 4.78 is 1.39. The van der Waals surface area contributed by atoms with Crippen molar-refractivity contribution in [3.05, 3.63) is 182 Å². The average molecular weight is 656 g/mol. The molecule has 0 fully saturated rings. The first kappa shape index (κ1) is 30.3. The Bertz CT molecular complexity index is 1270. The van der Waals surface area contributed by atoms with Gasteiger partial charge in [0.2, 0.25) is 0 Å². The predicted molar refractivity (Wildman–Crippen MR) is 176 cm³/mol. The minimum atomic E-state index is -0.446. The molecule has 0 N–H and O–H groups in total. The van der Waals surface area contributed by atoms with Gasteiger partial charge in [0.1, 0.15) is 0 Å². The molecule has 6 rings (SSSR count). The number of benzene rings is 6. The summed E-state index contributed by atoms with van der Waals surface area (Å²) in [5, 5.41) is 8.39. The van der Waals surface area contributed by atoms with Crippen molar-refractivity contribution in [3.8, 4) is 0 Å². The maximum atomic E-state index is 8.63. The Kier molecular flexibility index (Phi) is 12.8. The van der Waals surface area contributed by atoms with E-state index in [4.69, 9.17) is 4.79 Å². The molecule has 1 nitrogen and oxygen atoms in total. The summed E-state index contributed by atoms with van der Waals surface area (Å²) >= 11 is 1.92. The Balaban J connectivity index is 0.000000173. The summed E-state index contributed by atoms with van der Waals surface area (Å²) in [4.78, 5) is 8.63. The van der Waals surface area contributed by atoms with E-state index in [-0.39, 0.29) is 0 Å². The Morgan fingerprint density at radius 2 is 0.439 bits per heavy atom. The zero-order chi connectivity index (χ0) is 28.5. The van der Waals surface area contributed by atoms with Crippen LogP contribution in [0.3, 0.4) is 0 Å². The fourth-order valence-corrected chi connectivity index (χ4v) is 8.97. The molecule has 6 aromatic carbocycles. The van der Waals surface area contributed by atoms with Crippen LogP contribution < -0.4 is 31.8 Å². The number of rotatable bonds is 6. The topological polar surface area (TPSA) is 17.1 Å². The molecule has 0 atom stereocenters. The molecule has 0 saturated carbocycles. The van der Waals surface area contributed by atoms with E-state index in [0.717, 1.165) is 0 Å². The molecule has 0 bridgehead atoms. The van der Waals surface area contributed by atoms with Crippen LogP contribution in [-0.2, 0) is 22.6 Å². The molecule has 0 amide bonds. The molecule has 0 aromatic heterocycles. The summed E-state index contributed by atoms with van der Waals surface area (Å²) in [6.45, 7) is 0. The molecule has 0 spiro atoms. The van der Waals surface area contributed by atoms with Crippen LogP contribution in [0.2, 0.25) is 0 Å². The Morgan fingerprint density at radius 3 is 0.561 bits per heavy atom. The maximum Gasteiger partial charge on any atom is -0.0134 e. The van der Waals surface area contributed by atoms with Gasteiger partial charge in [0.05, 0.1) is 0 Å². The van der Waals surface area contributed by atoms with E-state index in [1.165, 1.54) is 36.3 Å². The van der Waals surface area contributed by atoms with Crippen molar-refractivity contribution in [1.29, 1.82) is 0 Å². The molecule has 0 saturated heterocycles. The van der Waals surface area contributed by atoms with Gasteiger partial charge in [-0.1, -0.05) is 182 Å². The van der Waals surface area contributed by atoms with E-state index in [0.29, 0.717) is 0 Å². The van der Waals surface area contributed by atoms with E-state index < -0.39 is 15.8 Å². The molecule has 0 unspecified atom stereocenters. The molecule has 0 aliphatic carbocycles. The molecule has 0 aliphatic heterocycles. The van der Waals surface area contributed by atoms with Crippen molar-refractivity contribution < 1.29 is 22.6 Å². The third kappa shape index (κ3) is 9.20. The summed E-state index contributed by atoms with van der Waals surface area (Å²) in [5.74, 6) is 0. The van der Waals surface area contributed by atoms with Crippen LogP contribution in [-0.4, -0.2) is 4.47 Å². The monoisotopic (exact) mass is 655 g/mol. The van der Waals surface area contributed by atoms with Crippen LogP contribution in [0.4, 0.5) is 0 Å². The van der Waals surface area contributed by atoms with E-state index in [1.54, 1.807) is 0 Å². The molecule has 6 aromatic rings. The SMILES string of the molecule is O=[C]=[Rh].c1ccc(P(c2ccccc2)c2ccccc2)cc1.c1ccc(P(c2ccccc2)c2ccccc2)cc1. The van der Waals surface area contributed by atoms with Gasteiger partial charge < -0.3 is 0 Å². The number of hydrogen-bond donors (Lipinski definition) is 0. The van der Waals surface area contributed by atoms with Gasteiger partial charge in [0.25, 0.3) is 0 Å². The standard InChI is InChI=1S/2C18H15P.CO.Rh/c2*1-4-10-16(11-5-1)19(17-12-6-2-7-13-17)18-14-8-3-9-15-18;1-2;/h2*1-15H;;. The Labute approximate surface area is 255 Å². The molecule has 0 radical (unpaired) electrons. The van der Waals surface area contributed by atoms with Crippen LogP contribution in [0.25, 0.3) is 0 Å². The fourth-order valence-electron chi connectivity index (χ4n) is 4.36. The number of hydrogen-bond acceptors (Lipinski definition) is 1. The first-order valence-electron chi connectivity index (χ1n) is 13.2. The molecule has 0 aliphatic rings. The fraction of sp³-hybridized carbons (Fsp3) is 0. The van der Waals surface area contributed by atoms with Gasteiger partial charge in [-0.2, -0.15) is 0 Å². The van der Waals surface area contributed by atoms with E-state index in [2.05, 4.69) is 182 Å². The van der Waals surface area contributed by atoms with Crippen molar-refractivity contribution in [2.75, 3.05) is 0 Å². The molecule has 41 heavy (non-hydrogen) atoms. The third-order valence-corrected chi connectivity index (χ3v) is 11.0. The molecular formula is C37H30OP2Rh. The van der Waals surface area contributed by atoms with E-state index in [1.807, 2.05) is 17.9 Å². The summed E-state index contributed by atoms with van der Waals surface area (Å²) in [5.41, 5.74) is 0. The van der Waals surface area contributed by atoms with Crippen LogP contribution in [0.5, 0.6) is 0 Å². The second-order valence-corrected chi connectivity index (χ2v) is 13.5. The summed E-state index contributed by atoms with van der Waals surface area (Å²) in [6.07, 6.45) is 0. The van der Waals surface area contributed by atoms with Crippen LogP contribution in [0, 0.1) is 0 Å². The van der Waals surface area contributed by atoms with Crippen LogP contribution in [0.15, 0.2) is 182 Å². The second-order valence-electron chi connectivity index (χ2n) is 8.75. The van der Waals surface area contributed by atoms with E-state index >= 15 is 0 Å². The Morgan fingerprint density at radius 1 is 0.317 bits per heavy atom. The third-order valence-electron chi connectivity index (χ3n) is 6.09. The quantitative estimate of drug-likeness (QED) is 0.148.